The van der Waals surface area contributed by atoms with Gasteiger partial charge in [-0.1, -0.05) is 50.1 Å². The Morgan fingerprint density at radius 3 is 1.53 bits per heavy atom. The summed E-state index contributed by atoms with van der Waals surface area (Å²) in [6.07, 6.45) is 14.7. The van der Waals surface area contributed by atoms with Crippen LogP contribution in [-0.2, 0) is 4.84 Å². The zero-order valence-electron chi connectivity index (χ0n) is 10.1. The van der Waals surface area contributed by atoms with E-state index in [0.717, 1.165) is 12.8 Å². The molecule has 1 rings (SSSR count). The van der Waals surface area contributed by atoms with Crippen LogP contribution in [0.2, 0.25) is 0 Å². The molecule has 0 radical (unpaired) electrons. The van der Waals surface area contributed by atoms with Crippen LogP contribution in [0.4, 0.5) is 0 Å². The minimum atomic E-state index is 1.15. The summed E-state index contributed by atoms with van der Waals surface area (Å²) in [6.45, 7) is 0. The number of hydrogen-bond donors (Lipinski definition) is 0. The SMILES string of the molecule is CON=C1CCCCCCCCCCC1. The minimum absolute atomic E-state index is 1.15. The summed E-state index contributed by atoms with van der Waals surface area (Å²) in [7, 11) is 1.66. The Bertz CT molecular complexity index is 163. The molecule has 0 aliphatic heterocycles. The zero-order valence-corrected chi connectivity index (χ0v) is 10.1. The molecule has 0 amide bonds. The summed E-state index contributed by atoms with van der Waals surface area (Å²) in [5, 5.41) is 4.13. The van der Waals surface area contributed by atoms with E-state index in [1.165, 1.54) is 63.5 Å². The lowest BCUT2D eigenvalue weighted by Crippen LogP contribution is -2.00. The third kappa shape index (κ3) is 6.53. The number of nitrogens with zero attached hydrogens (tertiary/aromatic N) is 1. The first-order chi connectivity index (χ1) is 7.43. The Labute approximate surface area is 94.1 Å². The summed E-state index contributed by atoms with van der Waals surface area (Å²) in [5.41, 5.74) is 1.28. The highest BCUT2D eigenvalue weighted by Gasteiger charge is 2.03. The van der Waals surface area contributed by atoms with Crippen LogP contribution in [0.3, 0.4) is 0 Å². The Morgan fingerprint density at radius 2 is 1.13 bits per heavy atom. The van der Waals surface area contributed by atoms with E-state index in [4.69, 9.17) is 4.84 Å². The van der Waals surface area contributed by atoms with Crippen molar-refractivity contribution < 1.29 is 4.84 Å². The summed E-state index contributed by atoms with van der Waals surface area (Å²) >= 11 is 0. The molecule has 0 spiro atoms. The van der Waals surface area contributed by atoms with Crippen LogP contribution in [0.1, 0.15) is 70.6 Å². The van der Waals surface area contributed by atoms with Gasteiger partial charge in [0.15, 0.2) is 0 Å². The molecule has 0 N–H and O–H groups in total. The third-order valence-corrected chi connectivity index (χ3v) is 3.15. The van der Waals surface area contributed by atoms with E-state index in [1.807, 2.05) is 0 Å². The van der Waals surface area contributed by atoms with Gasteiger partial charge in [0.25, 0.3) is 0 Å². The fourth-order valence-corrected chi connectivity index (χ4v) is 2.24. The second kappa shape index (κ2) is 8.75. The van der Waals surface area contributed by atoms with Gasteiger partial charge in [0.2, 0.25) is 0 Å². The highest BCUT2D eigenvalue weighted by atomic mass is 16.6. The van der Waals surface area contributed by atoms with Crippen LogP contribution in [0.15, 0.2) is 5.16 Å². The van der Waals surface area contributed by atoms with E-state index in [2.05, 4.69) is 5.16 Å². The lowest BCUT2D eigenvalue weighted by Gasteiger charge is -2.08. The van der Waals surface area contributed by atoms with Gasteiger partial charge in [-0.05, 0) is 25.7 Å². The first-order valence-electron chi connectivity index (χ1n) is 6.52. The molecular weight excluding hydrogens is 186 g/mol. The maximum atomic E-state index is 4.89. The topological polar surface area (TPSA) is 21.6 Å². The highest BCUT2D eigenvalue weighted by molar-refractivity contribution is 5.83. The molecule has 0 atom stereocenters. The van der Waals surface area contributed by atoms with Crippen molar-refractivity contribution in [3.63, 3.8) is 0 Å². The van der Waals surface area contributed by atoms with Crippen molar-refractivity contribution in [3.8, 4) is 0 Å². The largest absolute Gasteiger partial charge is 0.399 e. The highest BCUT2D eigenvalue weighted by Crippen LogP contribution is 2.15. The number of rotatable bonds is 1. The van der Waals surface area contributed by atoms with Gasteiger partial charge >= 0.3 is 0 Å². The number of hydrogen-bond acceptors (Lipinski definition) is 2. The third-order valence-electron chi connectivity index (χ3n) is 3.15. The molecule has 88 valence electrons. The minimum Gasteiger partial charge on any atom is -0.399 e. The molecule has 1 saturated carbocycles. The monoisotopic (exact) mass is 211 g/mol. The molecule has 1 aliphatic carbocycles. The van der Waals surface area contributed by atoms with Gasteiger partial charge in [-0.2, -0.15) is 0 Å². The zero-order chi connectivity index (χ0) is 10.8. The van der Waals surface area contributed by atoms with Crippen molar-refractivity contribution in [2.75, 3.05) is 7.11 Å². The van der Waals surface area contributed by atoms with E-state index < -0.39 is 0 Å². The molecule has 0 heterocycles. The smallest absolute Gasteiger partial charge is 0.106 e. The fourth-order valence-electron chi connectivity index (χ4n) is 2.24. The molecule has 0 aromatic carbocycles. The second-order valence-corrected chi connectivity index (χ2v) is 4.52. The van der Waals surface area contributed by atoms with Gasteiger partial charge < -0.3 is 4.84 Å². The molecular formula is C13H25NO. The molecule has 1 fully saturated rings. The normalized spacial score (nSPS) is 21.3. The fraction of sp³-hybridized carbons (Fsp3) is 0.923. The summed E-state index contributed by atoms with van der Waals surface area (Å²) in [4.78, 5) is 4.89. The van der Waals surface area contributed by atoms with E-state index in [0.29, 0.717) is 0 Å². The van der Waals surface area contributed by atoms with E-state index in [9.17, 15) is 0 Å². The predicted molar refractivity (Wildman–Crippen MR) is 65.2 cm³/mol. The molecule has 0 unspecified atom stereocenters. The van der Waals surface area contributed by atoms with Crippen molar-refractivity contribution in [2.24, 2.45) is 5.16 Å². The van der Waals surface area contributed by atoms with Gasteiger partial charge in [0.05, 0.1) is 5.71 Å². The quantitative estimate of drug-likeness (QED) is 0.593. The van der Waals surface area contributed by atoms with Crippen LogP contribution >= 0.6 is 0 Å². The van der Waals surface area contributed by atoms with Crippen LogP contribution in [0.5, 0.6) is 0 Å². The van der Waals surface area contributed by atoms with Crippen LogP contribution in [0.25, 0.3) is 0 Å². The maximum absolute atomic E-state index is 4.89. The van der Waals surface area contributed by atoms with Crippen molar-refractivity contribution >= 4 is 5.71 Å². The van der Waals surface area contributed by atoms with Crippen molar-refractivity contribution in [1.82, 2.24) is 0 Å². The lowest BCUT2D eigenvalue weighted by atomic mass is 10.00. The molecule has 0 aromatic rings. The Balaban J connectivity index is 2.28. The second-order valence-electron chi connectivity index (χ2n) is 4.52. The van der Waals surface area contributed by atoms with Gasteiger partial charge in [-0.15, -0.1) is 0 Å². The molecule has 15 heavy (non-hydrogen) atoms. The average Bonchev–Trinajstić information content (AvgIpc) is 2.22. The van der Waals surface area contributed by atoms with E-state index in [-0.39, 0.29) is 0 Å². The first-order valence-corrected chi connectivity index (χ1v) is 6.52. The average molecular weight is 211 g/mol. The van der Waals surface area contributed by atoms with Crippen molar-refractivity contribution in [3.05, 3.63) is 0 Å². The number of oxime groups is 1. The Morgan fingerprint density at radius 1 is 0.733 bits per heavy atom. The van der Waals surface area contributed by atoms with Gasteiger partial charge in [0.1, 0.15) is 7.11 Å². The van der Waals surface area contributed by atoms with Gasteiger partial charge in [-0.25, -0.2) is 0 Å². The maximum Gasteiger partial charge on any atom is 0.106 e. The van der Waals surface area contributed by atoms with Crippen LogP contribution in [-0.4, -0.2) is 12.8 Å². The van der Waals surface area contributed by atoms with Gasteiger partial charge in [0, 0.05) is 0 Å². The molecule has 2 heteroatoms. The first kappa shape index (κ1) is 12.5. The Kier molecular flexibility index (Phi) is 7.32. The summed E-state index contributed by atoms with van der Waals surface area (Å²) in [5.74, 6) is 0. The van der Waals surface area contributed by atoms with E-state index in [1.54, 1.807) is 7.11 Å². The molecule has 2 nitrogen and oxygen atoms in total. The Hall–Kier alpha value is -0.530. The molecule has 0 bridgehead atoms. The predicted octanol–water partition coefficient (Wildman–Crippen LogP) is 4.29. The summed E-state index contributed by atoms with van der Waals surface area (Å²) in [6, 6.07) is 0. The van der Waals surface area contributed by atoms with Crippen LogP contribution in [0, 0.1) is 0 Å². The standard InChI is InChI=1S/C13H25NO/c1-15-14-13-11-9-7-5-3-2-4-6-8-10-12-13/h2-12H2,1H3. The van der Waals surface area contributed by atoms with Crippen molar-refractivity contribution in [2.45, 2.75) is 70.6 Å². The molecule has 0 aromatic heterocycles. The molecule has 0 saturated heterocycles. The van der Waals surface area contributed by atoms with E-state index >= 15 is 0 Å². The lowest BCUT2D eigenvalue weighted by molar-refractivity contribution is 0.211. The summed E-state index contributed by atoms with van der Waals surface area (Å²) < 4.78 is 0. The van der Waals surface area contributed by atoms with Crippen LogP contribution < -0.4 is 0 Å². The van der Waals surface area contributed by atoms with Gasteiger partial charge in [-0.3, -0.25) is 0 Å². The molecule has 1 aliphatic rings. The van der Waals surface area contributed by atoms with Crippen molar-refractivity contribution in [1.29, 1.82) is 0 Å².